The van der Waals surface area contributed by atoms with Crippen LogP contribution in [0.5, 0.6) is 11.5 Å². The van der Waals surface area contributed by atoms with Gasteiger partial charge in [-0.05, 0) is 74.1 Å². The van der Waals surface area contributed by atoms with Crippen molar-refractivity contribution >= 4 is 17.4 Å². The van der Waals surface area contributed by atoms with Crippen molar-refractivity contribution < 1.29 is 28.9 Å². The number of aliphatic hydroxyl groups excluding tert-OH is 1. The monoisotopic (exact) mass is 493 g/mol. The number of Topliss-reactive ketones (excluding diaryl/α,β-unsaturated/α-hetero) is 1. The molecule has 7 nitrogen and oxygen atoms in total. The van der Waals surface area contributed by atoms with Gasteiger partial charge in [0, 0.05) is 18.7 Å². The molecule has 2 heterocycles. The lowest BCUT2D eigenvalue weighted by Gasteiger charge is -2.27. The molecular formula is C29H35NO6. The lowest BCUT2D eigenvalue weighted by Crippen LogP contribution is -2.36. The van der Waals surface area contributed by atoms with Crippen molar-refractivity contribution in [3.63, 3.8) is 0 Å². The van der Waals surface area contributed by atoms with Gasteiger partial charge < -0.3 is 24.2 Å². The minimum absolute atomic E-state index is 0.0712. The van der Waals surface area contributed by atoms with E-state index in [0.29, 0.717) is 42.6 Å². The van der Waals surface area contributed by atoms with E-state index >= 15 is 0 Å². The van der Waals surface area contributed by atoms with Gasteiger partial charge in [-0.1, -0.05) is 26.0 Å². The summed E-state index contributed by atoms with van der Waals surface area (Å²) in [7, 11) is 0. The molecule has 0 aliphatic carbocycles. The fourth-order valence-electron chi connectivity index (χ4n) is 4.73. The van der Waals surface area contributed by atoms with Crippen molar-refractivity contribution in [3.05, 3.63) is 64.7 Å². The number of hydrogen-bond acceptors (Lipinski definition) is 6. The molecule has 2 aromatic rings. The number of benzene rings is 2. The van der Waals surface area contributed by atoms with Gasteiger partial charge in [-0.15, -0.1) is 0 Å². The Bertz CT molecular complexity index is 1150. The van der Waals surface area contributed by atoms with E-state index in [9.17, 15) is 14.7 Å². The van der Waals surface area contributed by atoms with Gasteiger partial charge in [0.25, 0.3) is 11.7 Å². The molecule has 2 fully saturated rings. The second-order valence-corrected chi connectivity index (χ2v) is 9.78. The predicted molar refractivity (Wildman–Crippen MR) is 137 cm³/mol. The zero-order valence-electron chi connectivity index (χ0n) is 21.5. The third-order valence-corrected chi connectivity index (χ3v) is 6.47. The van der Waals surface area contributed by atoms with Gasteiger partial charge >= 0.3 is 0 Å². The molecule has 1 N–H and O–H groups in total. The van der Waals surface area contributed by atoms with Gasteiger partial charge in [-0.25, -0.2) is 0 Å². The van der Waals surface area contributed by atoms with E-state index in [4.69, 9.17) is 14.2 Å². The van der Waals surface area contributed by atoms with Gasteiger partial charge in [0.05, 0.1) is 30.9 Å². The van der Waals surface area contributed by atoms with Crippen LogP contribution in [0.2, 0.25) is 0 Å². The number of amides is 1. The summed E-state index contributed by atoms with van der Waals surface area (Å²) in [6.07, 6.45) is 1.61. The fraction of sp³-hybridized carbons (Fsp3) is 0.448. The zero-order chi connectivity index (χ0) is 25.8. The van der Waals surface area contributed by atoms with Crippen molar-refractivity contribution in [2.75, 3.05) is 26.4 Å². The molecule has 2 aromatic carbocycles. The Morgan fingerprint density at radius 1 is 1.17 bits per heavy atom. The molecule has 192 valence electrons. The fourth-order valence-corrected chi connectivity index (χ4v) is 4.73. The quantitative estimate of drug-likeness (QED) is 0.300. The van der Waals surface area contributed by atoms with E-state index in [2.05, 4.69) is 13.8 Å². The average Bonchev–Trinajstić information content (AvgIpc) is 3.45. The lowest BCUT2D eigenvalue weighted by atomic mass is 9.94. The van der Waals surface area contributed by atoms with Gasteiger partial charge in [0.1, 0.15) is 17.3 Å². The van der Waals surface area contributed by atoms with Crippen LogP contribution in [0, 0.1) is 12.8 Å². The number of aliphatic hydroxyl groups is 1. The van der Waals surface area contributed by atoms with Crippen LogP contribution in [0.3, 0.4) is 0 Å². The number of carbonyl (C=O) groups excluding carboxylic acids is 2. The van der Waals surface area contributed by atoms with E-state index in [0.717, 1.165) is 24.2 Å². The summed E-state index contributed by atoms with van der Waals surface area (Å²) in [5.74, 6) is 0.209. The Kier molecular flexibility index (Phi) is 7.99. The van der Waals surface area contributed by atoms with Crippen LogP contribution in [0.25, 0.3) is 5.76 Å². The minimum atomic E-state index is -0.744. The van der Waals surface area contributed by atoms with Gasteiger partial charge in [-0.2, -0.15) is 0 Å². The molecule has 36 heavy (non-hydrogen) atoms. The van der Waals surface area contributed by atoms with Crippen LogP contribution in [-0.4, -0.2) is 54.2 Å². The summed E-state index contributed by atoms with van der Waals surface area (Å²) in [5, 5.41) is 11.4. The Morgan fingerprint density at radius 3 is 2.64 bits per heavy atom. The first-order valence-electron chi connectivity index (χ1n) is 12.7. The first-order chi connectivity index (χ1) is 17.3. The van der Waals surface area contributed by atoms with Gasteiger partial charge in [0.2, 0.25) is 0 Å². The maximum absolute atomic E-state index is 13.3. The highest BCUT2D eigenvalue weighted by Gasteiger charge is 2.47. The van der Waals surface area contributed by atoms with Gasteiger partial charge in [0.15, 0.2) is 0 Å². The zero-order valence-corrected chi connectivity index (χ0v) is 21.5. The second kappa shape index (κ2) is 11.2. The summed E-state index contributed by atoms with van der Waals surface area (Å²) in [6.45, 7) is 9.94. The number of carbonyl (C=O) groups is 2. The molecule has 0 radical (unpaired) electrons. The minimum Gasteiger partial charge on any atom is -0.507 e. The highest BCUT2D eigenvalue weighted by atomic mass is 16.5. The van der Waals surface area contributed by atoms with Crippen molar-refractivity contribution in [1.29, 1.82) is 0 Å². The molecule has 0 bridgehead atoms. The van der Waals surface area contributed by atoms with E-state index in [-0.39, 0.29) is 24.0 Å². The van der Waals surface area contributed by atoms with Crippen molar-refractivity contribution in [2.24, 2.45) is 5.92 Å². The average molecular weight is 494 g/mol. The van der Waals surface area contributed by atoms with Crippen LogP contribution in [0.1, 0.15) is 56.3 Å². The Labute approximate surface area is 212 Å². The Hall–Kier alpha value is -3.32. The topological polar surface area (TPSA) is 85.3 Å². The number of ketones is 1. The summed E-state index contributed by atoms with van der Waals surface area (Å²) in [6, 6.07) is 11.9. The number of rotatable bonds is 9. The van der Waals surface area contributed by atoms with Crippen molar-refractivity contribution in [1.82, 2.24) is 4.90 Å². The summed E-state index contributed by atoms with van der Waals surface area (Å²) in [4.78, 5) is 28.1. The highest BCUT2D eigenvalue weighted by Crippen LogP contribution is 2.41. The molecule has 1 amide bonds. The van der Waals surface area contributed by atoms with Crippen molar-refractivity contribution in [3.8, 4) is 11.5 Å². The number of likely N-dealkylation sites (tertiary alicyclic amines) is 1. The SMILES string of the molecule is CCOc1cccc(C2/C(=C(\O)c3ccc(OCC(C)C)c(C)c3)C(=O)C(=O)N2CC2CCCO2)c1. The summed E-state index contributed by atoms with van der Waals surface area (Å²) < 4.78 is 17.3. The molecule has 4 rings (SSSR count). The van der Waals surface area contributed by atoms with Crippen LogP contribution < -0.4 is 9.47 Å². The maximum atomic E-state index is 13.3. The third kappa shape index (κ3) is 5.41. The summed E-state index contributed by atoms with van der Waals surface area (Å²) >= 11 is 0. The van der Waals surface area contributed by atoms with Gasteiger partial charge in [-0.3, -0.25) is 9.59 Å². The van der Waals surface area contributed by atoms with Crippen LogP contribution >= 0.6 is 0 Å². The Morgan fingerprint density at radius 2 is 1.97 bits per heavy atom. The number of hydrogen-bond donors (Lipinski definition) is 1. The Balaban J connectivity index is 1.77. The smallest absolute Gasteiger partial charge is 0.295 e. The molecule has 0 saturated carbocycles. The summed E-state index contributed by atoms with van der Waals surface area (Å²) in [5.41, 5.74) is 2.07. The van der Waals surface area contributed by atoms with E-state index in [1.54, 1.807) is 18.2 Å². The van der Waals surface area contributed by atoms with E-state index in [1.807, 2.05) is 38.1 Å². The molecule has 0 spiro atoms. The molecule has 2 aliphatic rings. The van der Waals surface area contributed by atoms with Crippen molar-refractivity contribution in [2.45, 2.75) is 52.7 Å². The molecule has 2 aliphatic heterocycles. The maximum Gasteiger partial charge on any atom is 0.295 e. The molecule has 2 saturated heterocycles. The van der Waals surface area contributed by atoms with Crippen LogP contribution in [-0.2, 0) is 14.3 Å². The molecule has 0 aromatic heterocycles. The highest BCUT2D eigenvalue weighted by molar-refractivity contribution is 6.46. The number of ether oxygens (including phenoxy) is 3. The first kappa shape index (κ1) is 25.8. The standard InChI is InChI=1S/C29H35NO6/c1-5-34-22-9-6-8-20(15-22)26-25(28(32)29(33)30(26)16-23-10-7-13-35-23)27(31)21-11-12-24(19(4)14-21)36-17-18(2)3/h6,8-9,11-12,14-15,18,23,26,31H,5,7,10,13,16-17H2,1-4H3/b27-25+. The van der Waals surface area contributed by atoms with E-state index in [1.165, 1.54) is 4.90 Å². The van der Waals surface area contributed by atoms with Crippen LogP contribution in [0.15, 0.2) is 48.0 Å². The molecular weight excluding hydrogens is 458 g/mol. The molecule has 2 unspecified atom stereocenters. The lowest BCUT2D eigenvalue weighted by molar-refractivity contribution is -0.140. The van der Waals surface area contributed by atoms with Crippen LogP contribution in [0.4, 0.5) is 0 Å². The number of aryl methyl sites for hydroxylation is 1. The molecule has 7 heteroatoms. The first-order valence-corrected chi connectivity index (χ1v) is 12.7. The largest absolute Gasteiger partial charge is 0.507 e. The number of nitrogens with zero attached hydrogens (tertiary/aromatic N) is 1. The normalized spacial score (nSPS) is 21.4. The van der Waals surface area contributed by atoms with E-state index < -0.39 is 17.7 Å². The predicted octanol–water partition coefficient (Wildman–Crippen LogP) is 5.03. The molecule has 2 atom stereocenters. The third-order valence-electron chi connectivity index (χ3n) is 6.47. The second-order valence-electron chi connectivity index (χ2n) is 9.78.